The molecule has 1 aromatic heterocycles. The highest BCUT2D eigenvalue weighted by molar-refractivity contribution is 5.92. The largest absolute Gasteiger partial charge is 0.385 e. The van der Waals surface area contributed by atoms with Gasteiger partial charge in [0, 0.05) is 52.6 Å². The second-order valence-corrected chi connectivity index (χ2v) is 4.97. The quantitative estimate of drug-likeness (QED) is 0.541. The zero-order valence-corrected chi connectivity index (χ0v) is 12.7. The van der Waals surface area contributed by atoms with E-state index in [4.69, 9.17) is 4.74 Å². The maximum Gasteiger partial charge on any atom is 0.270 e. The van der Waals surface area contributed by atoms with Crippen LogP contribution in [0.5, 0.6) is 0 Å². The summed E-state index contributed by atoms with van der Waals surface area (Å²) in [5.41, 5.74) is 0.347. The Balaban J connectivity index is 1.92. The number of nitrogens with one attached hydrogen (secondary N) is 1. The first-order valence-corrected chi connectivity index (χ1v) is 7.29. The topological polar surface area (TPSA) is 87.7 Å². The summed E-state index contributed by atoms with van der Waals surface area (Å²) >= 11 is 0. The van der Waals surface area contributed by atoms with Crippen molar-refractivity contribution >= 4 is 18.3 Å². The molecule has 8 heteroatoms. The fourth-order valence-corrected chi connectivity index (χ4v) is 2.16. The fourth-order valence-electron chi connectivity index (χ4n) is 2.16. The number of carbonyl (C=O) groups excluding carboxylic acids is 2. The maximum atomic E-state index is 12.0. The number of nitrogens with zero attached hydrogens (tertiary/aromatic N) is 4. The van der Waals surface area contributed by atoms with Gasteiger partial charge in [-0.1, -0.05) is 0 Å². The molecule has 120 valence electrons. The highest BCUT2D eigenvalue weighted by Crippen LogP contribution is 2.10. The van der Waals surface area contributed by atoms with Gasteiger partial charge in [0.1, 0.15) is 5.69 Å². The molecule has 2 amide bonds. The Labute approximate surface area is 129 Å². The van der Waals surface area contributed by atoms with E-state index < -0.39 is 0 Å². The van der Waals surface area contributed by atoms with Crippen molar-refractivity contribution in [3.8, 4) is 0 Å². The van der Waals surface area contributed by atoms with Crippen LogP contribution in [0.4, 0.5) is 5.95 Å². The van der Waals surface area contributed by atoms with E-state index in [-0.39, 0.29) is 5.91 Å². The molecule has 1 N–H and O–H groups in total. The van der Waals surface area contributed by atoms with Crippen molar-refractivity contribution in [2.45, 2.75) is 6.42 Å². The lowest BCUT2D eigenvalue weighted by molar-refractivity contribution is -0.118. The van der Waals surface area contributed by atoms with E-state index in [1.807, 2.05) is 4.90 Å². The van der Waals surface area contributed by atoms with E-state index in [0.29, 0.717) is 51.0 Å². The first kappa shape index (κ1) is 16.2. The van der Waals surface area contributed by atoms with Crippen LogP contribution in [-0.2, 0) is 9.53 Å². The predicted molar refractivity (Wildman–Crippen MR) is 80.7 cm³/mol. The molecule has 1 fully saturated rings. The van der Waals surface area contributed by atoms with E-state index in [9.17, 15) is 9.59 Å². The van der Waals surface area contributed by atoms with Gasteiger partial charge in [-0.3, -0.25) is 9.59 Å². The number of ether oxygens (including phenoxy) is 1. The Bertz CT molecular complexity index is 503. The standard InChI is InChI=1S/C14H21N5O3/c1-22-10-2-4-15-13(21)12-3-5-16-14(17-12)19-8-6-18(11-20)7-9-19/h3,5,11H,2,4,6-10H2,1H3,(H,15,21). The molecule has 1 aliphatic heterocycles. The average Bonchev–Trinajstić information content (AvgIpc) is 2.59. The molecule has 0 aliphatic carbocycles. The SMILES string of the molecule is COCCCNC(=O)c1ccnc(N2CCN(C=O)CC2)n1. The molecule has 1 aromatic rings. The summed E-state index contributed by atoms with van der Waals surface area (Å²) in [6.07, 6.45) is 3.19. The summed E-state index contributed by atoms with van der Waals surface area (Å²) in [4.78, 5) is 34.9. The summed E-state index contributed by atoms with van der Waals surface area (Å²) in [5.74, 6) is 0.307. The molecule has 1 aliphatic rings. The molecule has 8 nitrogen and oxygen atoms in total. The molecule has 1 saturated heterocycles. The lowest BCUT2D eigenvalue weighted by atomic mass is 10.3. The van der Waals surface area contributed by atoms with Crippen LogP contribution < -0.4 is 10.2 Å². The number of anilines is 1. The monoisotopic (exact) mass is 307 g/mol. The van der Waals surface area contributed by atoms with E-state index in [0.717, 1.165) is 12.8 Å². The normalized spacial score (nSPS) is 14.8. The molecule has 0 bridgehead atoms. The minimum Gasteiger partial charge on any atom is -0.385 e. The summed E-state index contributed by atoms with van der Waals surface area (Å²) < 4.78 is 4.93. The van der Waals surface area contributed by atoms with Gasteiger partial charge in [0.05, 0.1) is 0 Å². The van der Waals surface area contributed by atoms with Crippen LogP contribution in [-0.4, -0.2) is 73.6 Å². The van der Waals surface area contributed by atoms with Crippen molar-refractivity contribution < 1.29 is 14.3 Å². The van der Waals surface area contributed by atoms with Crippen molar-refractivity contribution in [1.82, 2.24) is 20.2 Å². The van der Waals surface area contributed by atoms with Gasteiger partial charge >= 0.3 is 0 Å². The smallest absolute Gasteiger partial charge is 0.270 e. The molecule has 0 spiro atoms. The van der Waals surface area contributed by atoms with E-state index in [1.54, 1.807) is 24.3 Å². The van der Waals surface area contributed by atoms with Crippen molar-refractivity contribution in [2.24, 2.45) is 0 Å². The van der Waals surface area contributed by atoms with E-state index >= 15 is 0 Å². The lowest BCUT2D eigenvalue weighted by Crippen LogP contribution is -2.46. The molecule has 0 aromatic carbocycles. The van der Waals surface area contributed by atoms with Crippen LogP contribution in [0.3, 0.4) is 0 Å². The number of piperazine rings is 1. The van der Waals surface area contributed by atoms with Gasteiger partial charge in [0.2, 0.25) is 12.4 Å². The molecule has 2 rings (SSSR count). The van der Waals surface area contributed by atoms with Gasteiger partial charge in [-0.05, 0) is 12.5 Å². The molecule has 0 radical (unpaired) electrons. The molecular formula is C14H21N5O3. The molecule has 2 heterocycles. The zero-order valence-electron chi connectivity index (χ0n) is 12.7. The van der Waals surface area contributed by atoms with Gasteiger partial charge in [-0.25, -0.2) is 9.97 Å². The van der Waals surface area contributed by atoms with E-state index in [2.05, 4.69) is 15.3 Å². The van der Waals surface area contributed by atoms with Gasteiger partial charge < -0.3 is 19.9 Å². The molecule has 22 heavy (non-hydrogen) atoms. The minimum atomic E-state index is -0.216. The Morgan fingerprint density at radius 2 is 2.18 bits per heavy atom. The number of rotatable bonds is 7. The summed E-state index contributed by atoms with van der Waals surface area (Å²) in [6.45, 7) is 3.76. The number of amides is 2. The first-order valence-electron chi connectivity index (χ1n) is 7.29. The Morgan fingerprint density at radius 3 is 2.86 bits per heavy atom. The highest BCUT2D eigenvalue weighted by atomic mass is 16.5. The third-order valence-electron chi connectivity index (χ3n) is 3.43. The number of hydrogen-bond donors (Lipinski definition) is 1. The Morgan fingerprint density at radius 1 is 1.41 bits per heavy atom. The number of carbonyl (C=O) groups is 2. The summed E-state index contributed by atoms with van der Waals surface area (Å²) in [7, 11) is 1.63. The first-order chi connectivity index (χ1) is 10.7. The van der Waals surface area contributed by atoms with Crippen LogP contribution >= 0.6 is 0 Å². The maximum absolute atomic E-state index is 12.0. The van der Waals surface area contributed by atoms with Crippen molar-refractivity contribution in [3.63, 3.8) is 0 Å². The number of aromatic nitrogens is 2. The average molecular weight is 307 g/mol. The Kier molecular flexibility index (Phi) is 6.08. The Hall–Kier alpha value is -2.22. The van der Waals surface area contributed by atoms with Gasteiger partial charge in [-0.15, -0.1) is 0 Å². The fraction of sp³-hybridized carbons (Fsp3) is 0.571. The van der Waals surface area contributed by atoms with Gasteiger partial charge in [0.15, 0.2) is 0 Å². The third-order valence-corrected chi connectivity index (χ3v) is 3.43. The molecule has 0 unspecified atom stereocenters. The summed E-state index contributed by atoms with van der Waals surface area (Å²) in [5, 5.41) is 2.80. The van der Waals surface area contributed by atoms with Gasteiger partial charge in [0.25, 0.3) is 5.91 Å². The van der Waals surface area contributed by atoms with Crippen LogP contribution in [0.2, 0.25) is 0 Å². The molecular weight excluding hydrogens is 286 g/mol. The van der Waals surface area contributed by atoms with Crippen LogP contribution in [0.25, 0.3) is 0 Å². The van der Waals surface area contributed by atoms with Crippen molar-refractivity contribution in [3.05, 3.63) is 18.0 Å². The van der Waals surface area contributed by atoms with Crippen molar-refractivity contribution in [2.75, 3.05) is 51.3 Å². The van der Waals surface area contributed by atoms with E-state index in [1.165, 1.54) is 0 Å². The van der Waals surface area contributed by atoms with Crippen LogP contribution in [0.15, 0.2) is 12.3 Å². The minimum absolute atomic E-state index is 0.216. The van der Waals surface area contributed by atoms with Crippen LogP contribution in [0, 0.1) is 0 Å². The predicted octanol–water partition coefficient (Wildman–Crippen LogP) is -0.479. The van der Waals surface area contributed by atoms with Crippen molar-refractivity contribution in [1.29, 1.82) is 0 Å². The van der Waals surface area contributed by atoms with Crippen LogP contribution in [0.1, 0.15) is 16.9 Å². The van der Waals surface area contributed by atoms with Gasteiger partial charge in [-0.2, -0.15) is 0 Å². The lowest BCUT2D eigenvalue weighted by Gasteiger charge is -2.32. The number of methoxy groups -OCH3 is 1. The second kappa shape index (κ2) is 8.28. The second-order valence-electron chi connectivity index (χ2n) is 4.97. The zero-order chi connectivity index (χ0) is 15.8. The molecule has 0 atom stereocenters. The number of hydrogen-bond acceptors (Lipinski definition) is 6. The highest BCUT2D eigenvalue weighted by Gasteiger charge is 2.18. The molecule has 0 saturated carbocycles. The summed E-state index contributed by atoms with van der Waals surface area (Å²) in [6, 6.07) is 1.59. The third kappa shape index (κ3) is 4.39.